The maximum absolute atomic E-state index is 12.3. The topological polar surface area (TPSA) is 76.1 Å². The molecule has 2 aliphatic rings. The Kier molecular flexibility index (Phi) is 4.87. The molecule has 2 fully saturated rings. The van der Waals surface area contributed by atoms with E-state index in [4.69, 9.17) is 9.47 Å². The molecule has 2 aliphatic heterocycles. The highest BCUT2D eigenvalue weighted by Gasteiger charge is 2.60. The van der Waals surface area contributed by atoms with Gasteiger partial charge in [0.25, 0.3) is 0 Å². The monoisotopic (exact) mass is 333 g/mol. The first-order valence-electron chi connectivity index (χ1n) is 8.28. The number of carbonyl (C=O) groups is 2. The van der Waals surface area contributed by atoms with Crippen LogP contribution in [-0.4, -0.2) is 53.8 Å². The second kappa shape index (κ2) is 6.91. The van der Waals surface area contributed by atoms with Crippen LogP contribution >= 0.6 is 0 Å². The highest BCUT2D eigenvalue weighted by molar-refractivity contribution is 5.84. The van der Waals surface area contributed by atoms with Crippen molar-refractivity contribution in [2.75, 3.05) is 20.3 Å². The minimum absolute atomic E-state index is 0.296. The number of ether oxygens (including phenoxy) is 2. The Morgan fingerprint density at radius 2 is 2.08 bits per heavy atom. The number of hydrogen-bond acceptors (Lipinski definition) is 5. The fourth-order valence-corrected chi connectivity index (χ4v) is 4.14. The molecule has 0 unspecified atom stereocenters. The van der Waals surface area contributed by atoms with E-state index in [0.29, 0.717) is 32.6 Å². The van der Waals surface area contributed by atoms with Crippen LogP contribution in [0.15, 0.2) is 30.3 Å². The zero-order chi connectivity index (χ0) is 17.2. The molecule has 2 heterocycles. The standard InChI is InChI=1S/C18H23NO5/c1-23-17(22)18-8-5-9-19(18)15(14(10-18)16(20)21)12-24-11-13-6-3-2-4-7-13/h2-4,6-7,14-15H,5,8-12H2,1H3,(H,20,21)/t14-,15-,18+/m1/s1. The van der Waals surface area contributed by atoms with Crippen LogP contribution in [-0.2, 0) is 25.7 Å². The van der Waals surface area contributed by atoms with Crippen LogP contribution in [0.4, 0.5) is 0 Å². The summed E-state index contributed by atoms with van der Waals surface area (Å²) < 4.78 is 10.8. The molecule has 2 saturated heterocycles. The zero-order valence-electron chi connectivity index (χ0n) is 13.8. The largest absolute Gasteiger partial charge is 0.481 e. The molecule has 24 heavy (non-hydrogen) atoms. The lowest BCUT2D eigenvalue weighted by molar-refractivity contribution is -0.152. The number of hydrogen-bond donors (Lipinski definition) is 1. The van der Waals surface area contributed by atoms with Gasteiger partial charge in [0, 0.05) is 6.04 Å². The number of nitrogens with zero attached hydrogens (tertiary/aromatic N) is 1. The van der Waals surface area contributed by atoms with E-state index in [1.165, 1.54) is 7.11 Å². The second-order valence-electron chi connectivity index (χ2n) is 6.54. The Hall–Kier alpha value is -1.92. The second-order valence-corrected chi connectivity index (χ2v) is 6.54. The summed E-state index contributed by atoms with van der Waals surface area (Å²) in [6, 6.07) is 9.47. The van der Waals surface area contributed by atoms with Crippen molar-refractivity contribution in [1.29, 1.82) is 0 Å². The predicted octanol–water partition coefficient (Wildman–Crippen LogP) is 1.68. The van der Waals surface area contributed by atoms with Gasteiger partial charge in [-0.3, -0.25) is 14.5 Å². The molecular weight excluding hydrogens is 310 g/mol. The van der Waals surface area contributed by atoms with Crippen LogP contribution in [0.3, 0.4) is 0 Å². The Bertz CT molecular complexity index is 605. The van der Waals surface area contributed by atoms with Crippen molar-refractivity contribution in [1.82, 2.24) is 4.90 Å². The van der Waals surface area contributed by atoms with Gasteiger partial charge in [0.1, 0.15) is 5.54 Å². The quantitative estimate of drug-likeness (QED) is 0.798. The van der Waals surface area contributed by atoms with E-state index in [9.17, 15) is 14.7 Å². The third kappa shape index (κ3) is 2.91. The number of fused-ring (bicyclic) bond motifs is 1. The molecule has 1 aromatic carbocycles. The van der Waals surface area contributed by atoms with E-state index >= 15 is 0 Å². The third-order valence-electron chi connectivity index (χ3n) is 5.24. The molecular formula is C18H23NO5. The van der Waals surface area contributed by atoms with Crippen molar-refractivity contribution < 1.29 is 24.2 Å². The van der Waals surface area contributed by atoms with Gasteiger partial charge in [-0.2, -0.15) is 0 Å². The molecule has 1 aromatic rings. The molecule has 6 nitrogen and oxygen atoms in total. The fraction of sp³-hybridized carbons (Fsp3) is 0.556. The van der Waals surface area contributed by atoms with Gasteiger partial charge >= 0.3 is 11.9 Å². The summed E-state index contributed by atoms with van der Waals surface area (Å²) in [5.41, 5.74) is 0.251. The van der Waals surface area contributed by atoms with Gasteiger partial charge in [-0.25, -0.2) is 0 Å². The van der Waals surface area contributed by atoms with E-state index in [-0.39, 0.29) is 12.0 Å². The predicted molar refractivity (Wildman–Crippen MR) is 86.3 cm³/mol. The van der Waals surface area contributed by atoms with Crippen LogP contribution in [0.5, 0.6) is 0 Å². The van der Waals surface area contributed by atoms with E-state index in [0.717, 1.165) is 12.0 Å². The van der Waals surface area contributed by atoms with Crippen molar-refractivity contribution in [3.8, 4) is 0 Å². The van der Waals surface area contributed by atoms with Crippen LogP contribution in [0.2, 0.25) is 0 Å². The highest BCUT2D eigenvalue weighted by atomic mass is 16.5. The number of carboxylic acid groups (broad SMARTS) is 1. The molecule has 0 spiro atoms. The first-order chi connectivity index (χ1) is 11.6. The molecule has 0 bridgehead atoms. The average Bonchev–Trinajstić information content (AvgIpc) is 3.13. The van der Waals surface area contributed by atoms with Crippen molar-refractivity contribution in [2.45, 2.75) is 37.5 Å². The van der Waals surface area contributed by atoms with Gasteiger partial charge in [0.15, 0.2) is 0 Å². The van der Waals surface area contributed by atoms with Crippen LogP contribution in [0.1, 0.15) is 24.8 Å². The Morgan fingerprint density at radius 3 is 2.75 bits per heavy atom. The molecule has 1 N–H and O–H groups in total. The van der Waals surface area contributed by atoms with E-state index in [1.54, 1.807) is 0 Å². The van der Waals surface area contributed by atoms with Gasteiger partial charge in [-0.15, -0.1) is 0 Å². The lowest BCUT2D eigenvalue weighted by Gasteiger charge is -2.32. The van der Waals surface area contributed by atoms with E-state index in [1.807, 2.05) is 35.2 Å². The van der Waals surface area contributed by atoms with Gasteiger partial charge < -0.3 is 14.6 Å². The Labute approximate surface area is 141 Å². The molecule has 0 aliphatic carbocycles. The number of aliphatic carboxylic acids is 1. The summed E-state index contributed by atoms with van der Waals surface area (Å²) in [6.07, 6.45) is 1.82. The number of rotatable bonds is 6. The SMILES string of the molecule is COC(=O)[C@@]12CCCN1[C@H](COCc1ccccc1)[C@H](C(=O)O)C2. The lowest BCUT2D eigenvalue weighted by Crippen LogP contribution is -2.50. The minimum atomic E-state index is -0.874. The molecule has 0 saturated carbocycles. The Balaban J connectivity index is 1.72. The summed E-state index contributed by atoms with van der Waals surface area (Å²) in [6.45, 7) is 1.44. The summed E-state index contributed by atoms with van der Waals surface area (Å²) in [5, 5.41) is 9.59. The van der Waals surface area contributed by atoms with Gasteiger partial charge in [-0.05, 0) is 31.4 Å². The van der Waals surface area contributed by atoms with Crippen molar-refractivity contribution in [2.24, 2.45) is 5.92 Å². The van der Waals surface area contributed by atoms with Crippen molar-refractivity contribution >= 4 is 11.9 Å². The van der Waals surface area contributed by atoms with Crippen LogP contribution < -0.4 is 0 Å². The maximum Gasteiger partial charge on any atom is 0.326 e. The first-order valence-corrected chi connectivity index (χ1v) is 8.28. The summed E-state index contributed by atoms with van der Waals surface area (Å²) in [5.74, 6) is -1.81. The number of carbonyl (C=O) groups excluding carboxylic acids is 1. The van der Waals surface area contributed by atoms with Crippen molar-refractivity contribution in [3.05, 3.63) is 35.9 Å². The average molecular weight is 333 g/mol. The molecule has 0 amide bonds. The van der Waals surface area contributed by atoms with E-state index in [2.05, 4.69) is 0 Å². The number of methoxy groups -OCH3 is 1. The normalized spacial score (nSPS) is 29.4. The highest BCUT2D eigenvalue weighted by Crippen LogP contribution is 2.46. The summed E-state index contributed by atoms with van der Waals surface area (Å²) in [7, 11) is 1.36. The molecule has 3 rings (SSSR count). The summed E-state index contributed by atoms with van der Waals surface area (Å²) >= 11 is 0. The molecule has 0 radical (unpaired) electrons. The number of carboxylic acids is 1. The molecule has 130 valence electrons. The Morgan fingerprint density at radius 1 is 1.33 bits per heavy atom. The van der Waals surface area contributed by atoms with Gasteiger partial charge in [0.05, 0.1) is 26.2 Å². The minimum Gasteiger partial charge on any atom is -0.481 e. The number of esters is 1. The fourth-order valence-electron chi connectivity index (χ4n) is 4.14. The van der Waals surface area contributed by atoms with Crippen LogP contribution in [0.25, 0.3) is 0 Å². The number of benzene rings is 1. The lowest BCUT2D eigenvalue weighted by atomic mass is 9.89. The molecule has 0 aromatic heterocycles. The summed E-state index contributed by atoms with van der Waals surface area (Å²) in [4.78, 5) is 26.0. The van der Waals surface area contributed by atoms with E-state index < -0.39 is 17.4 Å². The zero-order valence-corrected chi connectivity index (χ0v) is 13.8. The first kappa shape index (κ1) is 16.9. The maximum atomic E-state index is 12.3. The van der Waals surface area contributed by atoms with Gasteiger partial charge in [-0.1, -0.05) is 30.3 Å². The van der Waals surface area contributed by atoms with Crippen LogP contribution in [0, 0.1) is 5.92 Å². The third-order valence-corrected chi connectivity index (χ3v) is 5.24. The van der Waals surface area contributed by atoms with Crippen molar-refractivity contribution in [3.63, 3.8) is 0 Å². The smallest absolute Gasteiger partial charge is 0.326 e. The molecule has 3 atom stereocenters. The van der Waals surface area contributed by atoms with Gasteiger partial charge in [0.2, 0.25) is 0 Å². The molecule has 6 heteroatoms.